The molecule has 0 unspecified atom stereocenters. The summed E-state index contributed by atoms with van der Waals surface area (Å²) in [4.78, 5) is 12.6. The Morgan fingerprint density at radius 1 is 1.07 bits per heavy atom. The second kappa shape index (κ2) is 9.31. The van der Waals surface area contributed by atoms with Gasteiger partial charge < -0.3 is 10.1 Å². The monoisotopic (exact) mass is 418 g/mol. The van der Waals surface area contributed by atoms with Crippen LogP contribution in [0.1, 0.15) is 33.3 Å². The largest absolute Gasteiger partial charge is 0.491 e. The van der Waals surface area contributed by atoms with E-state index in [1.165, 1.54) is 0 Å². The lowest BCUT2D eigenvalue weighted by Crippen LogP contribution is -2.48. The maximum absolute atomic E-state index is 12.6. The first-order chi connectivity index (χ1) is 13.5. The summed E-state index contributed by atoms with van der Waals surface area (Å²) in [5.74, 6) is 0.399. The van der Waals surface area contributed by atoms with Crippen LogP contribution in [0.25, 0.3) is 0 Å². The minimum Gasteiger partial charge on any atom is -0.491 e. The SMILES string of the molecule is C[C@H](C(=O)NCCOc1ccccc1C(C)(C)C)N(c1ccccc1)S(C)(=O)=O. The van der Waals surface area contributed by atoms with E-state index in [0.717, 1.165) is 21.9 Å². The highest BCUT2D eigenvalue weighted by atomic mass is 32.2. The Morgan fingerprint density at radius 3 is 2.24 bits per heavy atom. The molecule has 0 fully saturated rings. The van der Waals surface area contributed by atoms with Gasteiger partial charge in [0.1, 0.15) is 18.4 Å². The highest BCUT2D eigenvalue weighted by molar-refractivity contribution is 7.92. The van der Waals surface area contributed by atoms with E-state index in [1.54, 1.807) is 37.3 Å². The molecule has 29 heavy (non-hydrogen) atoms. The minimum atomic E-state index is -3.62. The Balaban J connectivity index is 1.99. The molecule has 158 valence electrons. The molecule has 1 N–H and O–H groups in total. The van der Waals surface area contributed by atoms with Crippen LogP contribution in [-0.4, -0.2) is 39.8 Å². The van der Waals surface area contributed by atoms with Gasteiger partial charge in [-0.25, -0.2) is 8.42 Å². The second-order valence-electron chi connectivity index (χ2n) is 7.96. The molecule has 0 aliphatic carbocycles. The average Bonchev–Trinajstić information content (AvgIpc) is 2.64. The molecule has 0 radical (unpaired) electrons. The van der Waals surface area contributed by atoms with Gasteiger partial charge >= 0.3 is 0 Å². The number of ether oxygens (including phenoxy) is 1. The molecule has 2 rings (SSSR count). The van der Waals surface area contributed by atoms with E-state index >= 15 is 0 Å². The maximum atomic E-state index is 12.6. The van der Waals surface area contributed by atoms with E-state index in [1.807, 2.05) is 24.3 Å². The molecule has 0 saturated heterocycles. The second-order valence-corrected chi connectivity index (χ2v) is 9.82. The molecule has 2 aromatic rings. The molecule has 7 heteroatoms. The van der Waals surface area contributed by atoms with Gasteiger partial charge in [-0.2, -0.15) is 0 Å². The molecule has 2 aromatic carbocycles. The van der Waals surface area contributed by atoms with Crippen molar-refractivity contribution in [2.75, 3.05) is 23.7 Å². The van der Waals surface area contributed by atoms with Crippen molar-refractivity contribution in [1.82, 2.24) is 5.32 Å². The average molecular weight is 419 g/mol. The van der Waals surface area contributed by atoms with Crippen molar-refractivity contribution in [2.45, 2.75) is 39.2 Å². The lowest BCUT2D eigenvalue weighted by molar-refractivity contribution is -0.121. The summed E-state index contributed by atoms with van der Waals surface area (Å²) in [6, 6.07) is 15.5. The fraction of sp³-hybridized carbons (Fsp3) is 0.409. The smallest absolute Gasteiger partial charge is 0.243 e. The zero-order chi connectivity index (χ0) is 21.7. The summed E-state index contributed by atoms with van der Waals surface area (Å²) < 4.78 is 31.5. The summed E-state index contributed by atoms with van der Waals surface area (Å²) >= 11 is 0. The van der Waals surface area contributed by atoms with Crippen LogP contribution in [0, 0.1) is 0 Å². The number of carbonyl (C=O) groups excluding carboxylic acids is 1. The Bertz CT molecular complexity index is 921. The molecular weight excluding hydrogens is 388 g/mol. The van der Waals surface area contributed by atoms with Gasteiger partial charge in [0.25, 0.3) is 0 Å². The first-order valence-electron chi connectivity index (χ1n) is 9.56. The zero-order valence-corrected chi connectivity index (χ0v) is 18.5. The Kier molecular flexibility index (Phi) is 7.30. The Morgan fingerprint density at radius 2 is 1.66 bits per heavy atom. The zero-order valence-electron chi connectivity index (χ0n) is 17.7. The topological polar surface area (TPSA) is 75.7 Å². The van der Waals surface area contributed by atoms with Gasteiger partial charge in [-0.05, 0) is 36.1 Å². The van der Waals surface area contributed by atoms with Crippen LogP contribution in [0.15, 0.2) is 54.6 Å². The predicted molar refractivity (Wildman–Crippen MR) is 117 cm³/mol. The third-order valence-corrected chi connectivity index (χ3v) is 5.69. The van der Waals surface area contributed by atoms with Gasteiger partial charge in [0.15, 0.2) is 0 Å². The summed E-state index contributed by atoms with van der Waals surface area (Å²) in [6.45, 7) is 8.47. The van der Waals surface area contributed by atoms with E-state index in [-0.39, 0.29) is 24.5 Å². The molecule has 0 aromatic heterocycles. The van der Waals surface area contributed by atoms with Crippen LogP contribution in [-0.2, 0) is 20.2 Å². The number of sulfonamides is 1. The van der Waals surface area contributed by atoms with Crippen molar-refractivity contribution in [3.05, 3.63) is 60.2 Å². The minimum absolute atomic E-state index is 0.0555. The number of nitrogens with one attached hydrogen (secondary N) is 1. The van der Waals surface area contributed by atoms with E-state index in [0.29, 0.717) is 5.69 Å². The number of para-hydroxylation sites is 2. The number of amides is 1. The lowest BCUT2D eigenvalue weighted by atomic mass is 9.86. The predicted octanol–water partition coefficient (Wildman–Crippen LogP) is 3.33. The number of carbonyl (C=O) groups is 1. The number of nitrogens with zero attached hydrogens (tertiary/aromatic N) is 1. The van der Waals surface area contributed by atoms with Gasteiger partial charge in [-0.1, -0.05) is 57.2 Å². The van der Waals surface area contributed by atoms with Gasteiger partial charge in [0.2, 0.25) is 15.9 Å². The van der Waals surface area contributed by atoms with Crippen LogP contribution in [0.3, 0.4) is 0 Å². The van der Waals surface area contributed by atoms with Crippen molar-refractivity contribution in [1.29, 1.82) is 0 Å². The van der Waals surface area contributed by atoms with Crippen molar-refractivity contribution in [3.8, 4) is 5.75 Å². The molecule has 6 nitrogen and oxygen atoms in total. The first-order valence-corrected chi connectivity index (χ1v) is 11.4. The van der Waals surface area contributed by atoms with Crippen LogP contribution in [0.2, 0.25) is 0 Å². The summed E-state index contributed by atoms with van der Waals surface area (Å²) in [6.07, 6.45) is 1.09. The fourth-order valence-corrected chi connectivity index (χ4v) is 4.25. The molecule has 0 bridgehead atoms. The highest BCUT2D eigenvalue weighted by Gasteiger charge is 2.28. The Labute approximate surface area is 173 Å². The van der Waals surface area contributed by atoms with Gasteiger partial charge in [0.05, 0.1) is 18.5 Å². The molecule has 0 aliphatic heterocycles. The van der Waals surface area contributed by atoms with Crippen molar-refractivity contribution in [3.63, 3.8) is 0 Å². The van der Waals surface area contributed by atoms with E-state index in [4.69, 9.17) is 4.74 Å². The molecule has 0 aliphatic rings. The maximum Gasteiger partial charge on any atom is 0.243 e. The summed E-state index contributed by atoms with van der Waals surface area (Å²) in [5.41, 5.74) is 1.49. The number of benzene rings is 2. The molecule has 0 heterocycles. The first kappa shape index (κ1) is 22.7. The van der Waals surface area contributed by atoms with Crippen molar-refractivity contribution >= 4 is 21.6 Å². The van der Waals surface area contributed by atoms with E-state index in [9.17, 15) is 13.2 Å². The molecule has 1 amide bonds. The third-order valence-electron chi connectivity index (χ3n) is 4.45. The molecular formula is C22H30N2O4S. The van der Waals surface area contributed by atoms with Crippen molar-refractivity contribution < 1.29 is 17.9 Å². The Hall–Kier alpha value is -2.54. The lowest BCUT2D eigenvalue weighted by Gasteiger charge is -2.28. The standard InChI is InChI=1S/C22H30N2O4S/c1-17(24(29(5,26)27)18-11-7-6-8-12-18)21(25)23-15-16-28-20-14-10-9-13-19(20)22(2,3)4/h6-14,17H,15-16H2,1-5H3,(H,23,25)/t17-/m1/s1. The van der Waals surface area contributed by atoms with E-state index in [2.05, 4.69) is 26.1 Å². The number of hydrogen-bond donors (Lipinski definition) is 1. The van der Waals surface area contributed by atoms with Gasteiger partial charge in [0, 0.05) is 0 Å². The van der Waals surface area contributed by atoms with Crippen LogP contribution in [0.4, 0.5) is 5.69 Å². The van der Waals surface area contributed by atoms with Crippen LogP contribution < -0.4 is 14.4 Å². The third kappa shape index (κ3) is 6.22. The number of rotatable bonds is 8. The van der Waals surface area contributed by atoms with Crippen molar-refractivity contribution in [2.24, 2.45) is 0 Å². The van der Waals surface area contributed by atoms with E-state index < -0.39 is 16.1 Å². The molecule has 1 atom stereocenters. The highest BCUT2D eigenvalue weighted by Crippen LogP contribution is 2.30. The summed E-state index contributed by atoms with van der Waals surface area (Å²) in [5, 5.41) is 2.76. The molecule has 0 saturated carbocycles. The van der Waals surface area contributed by atoms with Crippen LogP contribution in [0.5, 0.6) is 5.75 Å². The van der Waals surface area contributed by atoms with Gasteiger partial charge in [-0.15, -0.1) is 0 Å². The van der Waals surface area contributed by atoms with Crippen LogP contribution >= 0.6 is 0 Å². The summed E-state index contributed by atoms with van der Waals surface area (Å²) in [7, 11) is -3.62. The normalized spacial score (nSPS) is 12.9. The number of hydrogen-bond acceptors (Lipinski definition) is 4. The number of anilines is 1. The van der Waals surface area contributed by atoms with Gasteiger partial charge in [-0.3, -0.25) is 9.10 Å². The quantitative estimate of drug-likeness (QED) is 0.667. The fourth-order valence-electron chi connectivity index (χ4n) is 3.08. The molecule has 0 spiro atoms.